The van der Waals surface area contributed by atoms with Crippen molar-refractivity contribution in [3.63, 3.8) is 0 Å². The number of nitriles is 2. The molecule has 1 aliphatic heterocycles. The molecule has 0 amide bonds. The molecular formula is C14H15BrN4. The average Bonchev–Trinajstić information content (AvgIpc) is 2.46. The van der Waals surface area contributed by atoms with Gasteiger partial charge in [0, 0.05) is 30.7 Å². The minimum atomic E-state index is -0.0393. The second-order valence-electron chi connectivity index (χ2n) is 4.60. The molecule has 5 heteroatoms. The van der Waals surface area contributed by atoms with Crippen molar-refractivity contribution in [3.8, 4) is 12.1 Å². The minimum Gasteiger partial charge on any atom is -0.368 e. The number of anilines is 1. The second kappa shape index (κ2) is 6.06. The van der Waals surface area contributed by atoms with Crippen molar-refractivity contribution in [1.82, 2.24) is 4.90 Å². The molecule has 1 aromatic carbocycles. The summed E-state index contributed by atoms with van der Waals surface area (Å²) in [7, 11) is 0. The number of nitrogens with zero attached hydrogens (tertiary/aromatic N) is 4. The van der Waals surface area contributed by atoms with Gasteiger partial charge in [-0.05, 0) is 25.1 Å². The van der Waals surface area contributed by atoms with E-state index in [0.717, 1.165) is 36.3 Å². The summed E-state index contributed by atoms with van der Waals surface area (Å²) in [6, 6.07) is 10.3. The zero-order valence-electron chi connectivity index (χ0n) is 10.8. The summed E-state index contributed by atoms with van der Waals surface area (Å²) in [6.45, 7) is 5.34. The van der Waals surface area contributed by atoms with E-state index in [-0.39, 0.29) is 6.04 Å². The van der Waals surface area contributed by atoms with Gasteiger partial charge in [-0.1, -0.05) is 15.9 Å². The van der Waals surface area contributed by atoms with Gasteiger partial charge in [-0.2, -0.15) is 10.5 Å². The van der Waals surface area contributed by atoms with E-state index in [4.69, 9.17) is 5.26 Å². The molecule has 98 valence electrons. The zero-order chi connectivity index (χ0) is 13.8. The molecule has 0 aromatic heterocycles. The number of benzene rings is 1. The van der Waals surface area contributed by atoms with Crippen LogP contribution < -0.4 is 4.90 Å². The Hall–Kier alpha value is -1.56. The first kappa shape index (κ1) is 13.9. The highest BCUT2D eigenvalue weighted by molar-refractivity contribution is 9.10. The Morgan fingerprint density at radius 2 is 1.89 bits per heavy atom. The Labute approximate surface area is 122 Å². The first-order valence-electron chi connectivity index (χ1n) is 6.24. The van der Waals surface area contributed by atoms with Crippen LogP contribution in [0, 0.1) is 22.7 Å². The minimum absolute atomic E-state index is 0.0393. The van der Waals surface area contributed by atoms with Crippen LogP contribution in [0.1, 0.15) is 12.5 Å². The molecule has 1 heterocycles. The van der Waals surface area contributed by atoms with Gasteiger partial charge in [-0.25, -0.2) is 0 Å². The summed E-state index contributed by atoms with van der Waals surface area (Å²) in [4.78, 5) is 4.38. The Morgan fingerprint density at radius 1 is 1.21 bits per heavy atom. The van der Waals surface area contributed by atoms with E-state index < -0.39 is 0 Å². The van der Waals surface area contributed by atoms with E-state index in [9.17, 15) is 5.26 Å². The van der Waals surface area contributed by atoms with Crippen LogP contribution in [0.15, 0.2) is 22.7 Å². The number of hydrogen-bond acceptors (Lipinski definition) is 4. The number of halogens is 1. The van der Waals surface area contributed by atoms with E-state index >= 15 is 0 Å². The average molecular weight is 319 g/mol. The molecule has 1 unspecified atom stereocenters. The normalized spacial score (nSPS) is 17.6. The van der Waals surface area contributed by atoms with Crippen molar-refractivity contribution in [2.75, 3.05) is 31.1 Å². The molecule has 0 aliphatic carbocycles. The molecule has 0 bridgehead atoms. The van der Waals surface area contributed by atoms with E-state index in [1.807, 2.05) is 25.1 Å². The second-order valence-corrected chi connectivity index (χ2v) is 5.52. The predicted molar refractivity (Wildman–Crippen MR) is 77.7 cm³/mol. The highest BCUT2D eigenvalue weighted by Gasteiger charge is 2.22. The molecule has 0 saturated carbocycles. The predicted octanol–water partition coefficient (Wildman–Crippen LogP) is 2.35. The molecule has 19 heavy (non-hydrogen) atoms. The number of hydrogen-bond donors (Lipinski definition) is 0. The lowest BCUT2D eigenvalue weighted by molar-refractivity contribution is 0.231. The van der Waals surface area contributed by atoms with Gasteiger partial charge < -0.3 is 4.90 Å². The Kier molecular flexibility index (Phi) is 4.42. The quantitative estimate of drug-likeness (QED) is 0.840. The van der Waals surface area contributed by atoms with Crippen LogP contribution in [0.5, 0.6) is 0 Å². The maximum atomic E-state index is 9.20. The smallest absolute Gasteiger partial charge is 0.101 e. The molecule has 1 fully saturated rings. The van der Waals surface area contributed by atoms with Crippen molar-refractivity contribution in [2.24, 2.45) is 0 Å². The maximum Gasteiger partial charge on any atom is 0.101 e. The van der Waals surface area contributed by atoms with Gasteiger partial charge in [0.25, 0.3) is 0 Å². The standard InChI is InChI=1S/C14H15BrN4/c1-11(9-16)18-4-6-19(7-5-18)14-3-2-13(15)8-12(14)10-17/h2-3,8,11H,4-7H2,1H3. The van der Waals surface area contributed by atoms with Gasteiger partial charge in [0.15, 0.2) is 0 Å². The van der Waals surface area contributed by atoms with Crippen LogP contribution in [0.25, 0.3) is 0 Å². The van der Waals surface area contributed by atoms with Crippen LogP contribution in [0.4, 0.5) is 5.69 Å². The molecular weight excluding hydrogens is 304 g/mol. The third-order valence-electron chi connectivity index (χ3n) is 3.47. The summed E-state index contributed by atoms with van der Waals surface area (Å²) < 4.78 is 0.921. The van der Waals surface area contributed by atoms with Crippen LogP contribution in [0.2, 0.25) is 0 Å². The molecule has 0 spiro atoms. The summed E-state index contributed by atoms with van der Waals surface area (Å²) in [6.07, 6.45) is 0. The summed E-state index contributed by atoms with van der Waals surface area (Å²) in [5.41, 5.74) is 1.67. The van der Waals surface area contributed by atoms with E-state index in [2.05, 4.69) is 37.9 Å². The van der Waals surface area contributed by atoms with Crippen LogP contribution in [-0.4, -0.2) is 37.1 Å². The number of rotatable bonds is 2. The van der Waals surface area contributed by atoms with Crippen molar-refractivity contribution in [1.29, 1.82) is 10.5 Å². The maximum absolute atomic E-state index is 9.20. The van der Waals surface area contributed by atoms with E-state index in [1.165, 1.54) is 0 Å². The fraction of sp³-hybridized carbons (Fsp3) is 0.429. The highest BCUT2D eigenvalue weighted by atomic mass is 79.9. The molecule has 1 aliphatic rings. The van der Waals surface area contributed by atoms with Gasteiger partial charge in [-0.15, -0.1) is 0 Å². The lowest BCUT2D eigenvalue weighted by atomic mass is 10.1. The Bertz CT molecular complexity index is 535. The number of piperazine rings is 1. The third kappa shape index (κ3) is 3.07. The SMILES string of the molecule is CC(C#N)N1CCN(c2ccc(Br)cc2C#N)CC1. The van der Waals surface area contributed by atoms with Crippen molar-refractivity contribution in [2.45, 2.75) is 13.0 Å². The lowest BCUT2D eigenvalue weighted by Gasteiger charge is -2.37. The Balaban J connectivity index is 2.11. The molecule has 2 rings (SSSR count). The van der Waals surface area contributed by atoms with Gasteiger partial charge >= 0.3 is 0 Å². The summed E-state index contributed by atoms with van der Waals surface area (Å²) >= 11 is 3.39. The first-order chi connectivity index (χ1) is 9.15. The van der Waals surface area contributed by atoms with Gasteiger partial charge in [0.05, 0.1) is 23.4 Å². The third-order valence-corrected chi connectivity index (χ3v) is 3.96. The van der Waals surface area contributed by atoms with Gasteiger partial charge in [-0.3, -0.25) is 4.90 Å². The summed E-state index contributed by atoms with van der Waals surface area (Å²) in [5.74, 6) is 0. The zero-order valence-corrected chi connectivity index (χ0v) is 12.4. The molecule has 0 radical (unpaired) electrons. The van der Waals surface area contributed by atoms with Gasteiger partial charge in [0.2, 0.25) is 0 Å². The molecule has 4 nitrogen and oxygen atoms in total. The first-order valence-corrected chi connectivity index (χ1v) is 7.03. The summed E-state index contributed by atoms with van der Waals surface area (Å²) in [5, 5.41) is 18.1. The lowest BCUT2D eigenvalue weighted by Crippen LogP contribution is -2.49. The largest absolute Gasteiger partial charge is 0.368 e. The van der Waals surface area contributed by atoms with Crippen LogP contribution >= 0.6 is 15.9 Å². The van der Waals surface area contributed by atoms with Crippen molar-refractivity contribution < 1.29 is 0 Å². The Morgan fingerprint density at radius 3 is 2.47 bits per heavy atom. The van der Waals surface area contributed by atoms with Crippen LogP contribution in [0.3, 0.4) is 0 Å². The monoisotopic (exact) mass is 318 g/mol. The van der Waals surface area contributed by atoms with E-state index in [0.29, 0.717) is 5.56 Å². The fourth-order valence-corrected chi connectivity index (χ4v) is 2.67. The molecule has 1 aromatic rings. The molecule has 1 saturated heterocycles. The molecule has 1 atom stereocenters. The van der Waals surface area contributed by atoms with Crippen molar-refractivity contribution in [3.05, 3.63) is 28.2 Å². The van der Waals surface area contributed by atoms with E-state index in [1.54, 1.807) is 0 Å². The van der Waals surface area contributed by atoms with Gasteiger partial charge in [0.1, 0.15) is 6.07 Å². The fourth-order valence-electron chi connectivity index (χ4n) is 2.31. The topological polar surface area (TPSA) is 54.1 Å². The van der Waals surface area contributed by atoms with Crippen LogP contribution in [-0.2, 0) is 0 Å². The molecule has 0 N–H and O–H groups in total. The van der Waals surface area contributed by atoms with Crippen molar-refractivity contribution >= 4 is 21.6 Å². The highest BCUT2D eigenvalue weighted by Crippen LogP contribution is 2.25.